The van der Waals surface area contributed by atoms with Crippen molar-refractivity contribution >= 4 is 16.9 Å². The highest BCUT2D eigenvalue weighted by Crippen LogP contribution is 2.20. The molecule has 2 heterocycles. The van der Waals surface area contributed by atoms with E-state index in [1.54, 1.807) is 6.07 Å². The monoisotopic (exact) mass is 333 g/mol. The fourth-order valence-corrected chi connectivity index (χ4v) is 2.64. The third-order valence-corrected chi connectivity index (χ3v) is 3.93. The second-order valence-corrected chi connectivity index (χ2v) is 5.67. The molecule has 4 rings (SSSR count). The van der Waals surface area contributed by atoms with Crippen molar-refractivity contribution in [3.63, 3.8) is 0 Å². The van der Waals surface area contributed by atoms with Crippen LogP contribution in [0.5, 0.6) is 0 Å². The van der Waals surface area contributed by atoms with Gasteiger partial charge in [-0.25, -0.2) is 4.79 Å². The fraction of sp³-hybridized carbons (Fsp3) is 0.105. The van der Waals surface area contributed by atoms with Gasteiger partial charge in [0.15, 0.2) is 6.61 Å². The SMILES string of the molecule is Cc1ccccc1-c1noc(COC(=O)c2cc3ccccc3[nH]2)n1. The van der Waals surface area contributed by atoms with Crippen LogP contribution in [0.15, 0.2) is 59.1 Å². The zero-order valence-corrected chi connectivity index (χ0v) is 13.5. The second kappa shape index (κ2) is 6.24. The van der Waals surface area contributed by atoms with Gasteiger partial charge in [0.05, 0.1) is 0 Å². The molecular weight excluding hydrogens is 318 g/mol. The third-order valence-electron chi connectivity index (χ3n) is 3.93. The van der Waals surface area contributed by atoms with Crippen LogP contribution in [0.4, 0.5) is 0 Å². The molecule has 0 aliphatic heterocycles. The summed E-state index contributed by atoms with van der Waals surface area (Å²) < 4.78 is 10.4. The number of rotatable bonds is 4. The predicted octanol–water partition coefficient (Wildman–Crippen LogP) is 3.88. The number of carbonyl (C=O) groups excluding carboxylic acids is 1. The van der Waals surface area contributed by atoms with Crippen LogP contribution in [0.1, 0.15) is 21.9 Å². The maximum absolute atomic E-state index is 12.2. The minimum Gasteiger partial charge on any atom is -0.451 e. The minimum absolute atomic E-state index is 0.0763. The number of carbonyl (C=O) groups is 1. The van der Waals surface area contributed by atoms with Gasteiger partial charge in [-0.15, -0.1) is 0 Å². The van der Waals surface area contributed by atoms with Crippen molar-refractivity contribution in [1.29, 1.82) is 0 Å². The third kappa shape index (κ3) is 3.01. The number of H-pyrrole nitrogens is 1. The first-order valence-electron chi connectivity index (χ1n) is 7.84. The van der Waals surface area contributed by atoms with Gasteiger partial charge in [-0.05, 0) is 24.6 Å². The Morgan fingerprint density at radius 2 is 1.96 bits per heavy atom. The van der Waals surface area contributed by atoms with Crippen LogP contribution in [0, 0.1) is 6.92 Å². The largest absolute Gasteiger partial charge is 0.451 e. The Labute approximate surface area is 143 Å². The summed E-state index contributed by atoms with van der Waals surface area (Å²) >= 11 is 0. The standard InChI is InChI=1S/C19H15N3O3/c1-12-6-2-4-8-14(12)18-21-17(25-22-18)11-24-19(23)16-10-13-7-3-5-9-15(13)20-16/h2-10,20H,11H2,1H3. The van der Waals surface area contributed by atoms with E-state index >= 15 is 0 Å². The average Bonchev–Trinajstić information content (AvgIpc) is 3.27. The molecule has 124 valence electrons. The maximum Gasteiger partial charge on any atom is 0.355 e. The lowest BCUT2D eigenvalue weighted by molar-refractivity contribution is 0.0424. The van der Waals surface area contributed by atoms with Gasteiger partial charge >= 0.3 is 5.97 Å². The van der Waals surface area contributed by atoms with E-state index in [4.69, 9.17) is 9.26 Å². The molecule has 0 amide bonds. The molecule has 6 nitrogen and oxygen atoms in total. The summed E-state index contributed by atoms with van der Waals surface area (Å²) in [4.78, 5) is 19.5. The molecule has 0 fully saturated rings. The van der Waals surface area contributed by atoms with Crippen molar-refractivity contribution in [3.05, 3.63) is 71.7 Å². The molecular formula is C19H15N3O3. The van der Waals surface area contributed by atoms with Crippen molar-refractivity contribution in [3.8, 4) is 11.4 Å². The fourth-order valence-electron chi connectivity index (χ4n) is 2.64. The van der Waals surface area contributed by atoms with Gasteiger partial charge in [0.2, 0.25) is 5.82 Å². The Bertz CT molecular complexity index is 1020. The Hall–Kier alpha value is -3.41. The Morgan fingerprint density at radius 1 is 1.16 bits per heavy atom. The minimum atomic E-state index is -0.466. The van der Waals surface area contributed by atoms with E-state index in [0.29, 0.717) is 11.5 Å². The summed E-state index contributed by atoms with van der Waals surface area (Å²) in [5.41, 5.74) is 3.21. The van der Waals surface area contributed by atoms with Gasteiger partial charge in [0, 0.05) is 16.5 Å². The van der Waals surface area contributed by atoms with Crippen LogP contribution in [-0.2, 0) is 11.3 Å². The highest BCUT2D eigenvalue weighted by atomic mass is 16.6. The molecule has 2 aromatic heterocycles. The van der Waals surface area contributed by atoms with Crippen molar-refractivity contribution in [1.82, 2.24) is 15.1 Å². The number of aromatic amines is 1. The van der Waals surface area contributed by atoms with Gasteiger partial charge in [0.25, 0.3) is 5.89 Å². The molecule has 6 heteroatoms. The number of hydrogen-bond donors (Lipinski definition) is 1. The van der Waals surface area contributed by atoms with Crippen molar-refractivity contribution in [2.45, 2.75) is 13.5 Å². The first-order chi connectivity index (χ1) is 12.2. The number of aryl methyl sites for hydroxylation is 1. The lowest BCUT2D eigenvalue weighted by Crippen LogP contribution is -2.05. The highest BCUT2D eigenvalue weighted by Gasteiger charge is 2.15. The van der Waals surface area contributed by atoms with Crippen molar-refractivity contribution in [2.24, 2.45) is 0 Å². The number of nitrogens with zero attached hydrogens (tertiary/aromatic N) is 2. The first kappa shape index (κ1) is 15.1. The van der Waals surface area contributed by atoms with Crippen LogP contribution >= 0.6 is 0 Å². The Morgan fingerprint density at radius 3 is 2.80 bits per heavy atom. The molecule has 0 radical (unpaired) electrons. The van der Waals surface area contributed by atoms with Crippen molar-refractivity contribution in [2.75, 3.05) is 0 Å². The van der Waals surface area contributed by atoms with Crippen LogP contribution in [0.3, 0.4) is 0 Å². The highest BCUT2D eigenvalue weighted by molar-refractivity contribution is 5.94. The molecule has 25 heavy (non-hydrogen) atoms. The lowest BCUT2D eigenvalue weighted by Gasteiger charge is -1.99. The number of hydrogen-bond acceptors (Lipinski definition) is 5. The molecule has 0 spiro atoms. The van der Waals surface area contributed by atoms with Gasteiger partial charge in [0.1, 0.15) is 5.69 Å². The van der Waals surface area contributed by atoms with Crippen LogP contribution in [0.2, 0.25) is 0 Å². The normalized spacial score (nSPS) is 10.9. The summed E-state index contributed by atoms with van der Waals surface area (Å²) in [5, 5.41) is 4.90. The molecule has 0 saturated heterocycles. The molecule has 4 aromatic rings. The van der Waals surface area contributed by atoms with Crippen molar-refractivity contribution < 1.29 is 14.1 Å². The number of para-hydroxylation sites is 1. The van der Waals surface area contributed by atoms with Crippen LogP contribution < -0.4 is 0 Å². The molecule has 0 unspecified atom stereocenters. The number of aromatic nitrogens is 3. The molecule has 0 saturated carbocycles. The molecule has 0 bridgehead atoms. The Balaban J connectivity index is 1.46. The smallest absolute Gasteiger partial charge is 0.355 e. The summed E-state index contributed by atoms with van der Waals surface area (Å²) in [7, 11) is 0. The zero-order chi connectivity index (χ0) is 17.2. The van der Waals surface area contributed by atoms with Crippen LogP contribution in [-0.4, -0.2) is 21.1 Å². The van der Waals surface area contributed by atoms with E-state index in [0.717, 1.165) is 22.0 Å². The lowest BCUT2D eigenvalue weighted by atomic mass is 10.1. The summed E-state index contributed by atoms with van der Waals surface area (Å²) in [6, 6.07) is 17.1. The number of nitrogens with one attached hydrogen (secondary N) is 1. The molecule has 0 aliphatic rings. The molecule has 0 atom stereocenters. The molecule has 1 N–H and O–H groups in total. The summed E-state index contributed by atoms with van der Waals surface area (Å²) in [6.45, 7) is 1.90. The molecule has 0 aliphatic carbocycles. The summed E-state index contributed by atoms with van der Waals surface area (Å²) in [5.74, 6) is 0.268. The molecule has 2 aromatic carbocycles. The van der Waals surface area contributed by atoms with E-state index in [9.17, 15) is 4.79 Å². The quantitative estimate of drug-likeness (QED) is 0.573. The van der Waals surface area contributed by atoms with E-state index in [1.807, 2.05) is 55.5 Å². The van der Waals surface area contributed by atoms with E-state index in [1.165, 1.54) is 0 Å². The predicted molar refractivity (Wildman–Crippen MR) is 91.9 cm³/mol. The van der Waals surface area contributed by atoms with Gasteiger partial charge in [-0.2, -0.15) is 4.98 Å². The average molecular weight is 333 g/mol. The van der Waals surface area contributed by atoms with E-state index in [2.05, 4.69) is 15.1 Å². The van der Waals surface area contributed by atoms with Gasteiger partial charge < -0.3 is 14.2 Å². The van der Waals surface area contributed by atoms with E-state index < -0.39 is 5.97 Å². The number of fused-ring (bicyclic) bond motifs is 1. The number of ether oxygens (including phenoxy) is 1. The first-order valence-corrected chi connectivity index (χ1v) is 7.84. The maximum atomic E-state index is 12.2. The topological polar surface area (TPSA) is 81.0 Å². The Kier molecular flexibility index (Phi) is 3.78. The van der Waals surface area contributed by atoms with E-state index in [-0.39, 0.29) is 12.5 Å². The summed E-state index contributed by atoms with van der Waals surface area (Å²) in [6.07, 6.45) is 0. The van der Waals surface area contributed by atoms with Crippen LogP contribution in [0.25, 0.3) is 22.3 Å². The van der Waals surface area contributed by atoms with Gasteiger partial charge in [-0.1, -0.05) is 47.6 Å². The zero-order valence-electron chi connectivity index (χ0n) is 13.5. The number of esters is 1. The van der Waals surface area contributed by atoms with Gasteiger partial charge in [-0.3, -0.25) is 0 Å². The second-order valence-electron chi connectivity index (χ2n) is 5.67. The number of benzene rings is 2.